The van der Waals surface area contributed by atoms with E-state index in [9.17, 15) is 19.2 Å². The normalized spacial score (nSPS) is 11.2. The maximum absolute atomic E-state index is 12.1. The first-order valence-corrected chi connectivity index (χ1v) is 8.65. The highest BCUT2D eigenvalue weighted by atomic mass is 16.5. The predicted molar refractivity (Wildman–Crippen MR) is 102 cm³/mol. The van der Waals surface area contributed by atoms with Gasteiger partial charge in [0.1, 0.15) is 17.5 Å². The number of hydrogen-bond acceptors (Lipinski definition) is 5. The van der Waals surface area contributed by atoms with Gasteiger partial charge < -0.3 is 20.3 Å². The molecule has 2 aromatic carbocycles. The lowest BCUT2D eigenvalue weighted by Gasteiger charge is -2.14. The van der Waals surface area contributed by atoms with E-state index in [1.54, 1.807) is 12.1 Å². The molecule has 9 heteroatoms. The van der Waals surface area contributed by atoms with E-state index in [0.717, 1.165) is 5.56 Å². The average Bonchev–Trinajstić information content (AvgIpc) is 2.67. The van der Waals surface area contributed by atoms with E-state index < -0.39 is 36.3 Å². The number of ether oxygens (including phenoxy) is 1. The summed E-state index contributed by atoms with van der Waals surface area (Å²) in [6.07, 6.45) is -0.745. The zero-order valence-electron chi connectivity index (χ0n) is 15.5. The van der Waals surface area contributed by atoms with Gasteiger partial charge in [-0.05, 0) is 49.7 Å². The summed E-state index contributed by atoms with van der Waals surface area (Å²) in [5.41, 5.74) is 1.25. The van der Waals surface area contributed by atoms with Crippen LogP contribution < -0.4 is 15.4 Å². The fourth-order valence-corrected chi connectivity index (χ4v) is 2.31. The molecule has 0 heterocycles. The molecule has 0 saturated heterocycles. The summed E-state index contributed by atoms with van der Waals surface area (Å²) in [6, 6.07) is 11.0. The molecule has 152 valence electrons. The Morgan fingerprint density at radius 3 is 2.00 bits per heavy atom. The monoisotopic (exact) mass is 400 g/mol. The molecule has 2 aromatic rings. The number of benzene rings is 2. The quantitative estimate of drug-likeness (QED) is 0.533. The molecule has 0 aliphatic heterocycles. The molecule has 0 aliphatic rings. The first-order chi connectivity index (χ1) is 13.7. The van der Waals surface area contributed by atoms with Gasteiger partial charge in [-0.25, -0.2) is 9.59 Å². The maximum Gasteiger partial charge on any atom is 0.326 e. The largest absolute Gasteiger partial charge is 0.481 e. The van der Waals surface area contributed by atoms with Crippen LogP contribution in [0, 0.1) is 6.92 Å². The molecule has 0 aliphatic carbocycles. The van der Waals surface area contributed by atoms with Crippen molar-refractivity contribution in [2.24, 2.45) is 0 Å². The first-order valence-electron chi connectivity index (χ1n) is 8.65. The summed E-state index contributed by atoms with van der Waals surface area (Å²) < 4.78 is 5.65. The number of carbonyl (C=O) groups excluding carboxylic acids is 2. The Bertz CT molecular complexity index is 892. The zero-order chi connectivity index (χ0) is 21.4. The van der Waals surface area contributed by atoms with Gasteiger partial charge in [-0.2, -0.15) is 0 Å². The molecule has 0 saturated carbocycles. The Morgan fingerprint density at radius 1 is 0.931 bits per heavy atom. The molecule has 0 aromatic heterocycles. The van der Waals surface area contributed by atoms with Crippen LogP contribution in [-0.4, -0.2) is 40.1 Å². The van der Waals surface area contributed by atoms with Crippen LogP contribution in [0.4, 0.5) is 4.79 Å². The smallest absolute Gasteiger partial charge is 0.326 e. The molecular formula is C20H20N2O7. The molecule has 1 atom stereocenters. The number of aryl methyl sites for hydroxylation is 1. The van der Waals surface area contributed by atoms with E-state index in [-0.39, 0.29) is 12.0 Å². The Labute approximate surface area is 166 Å². The van der Waals surface area contributed by atoms with Crippen molar-refractivity contribution < 1.29 is 34.1 Å². The number of carbonyl (C=O) groups is 4. The highest BCUT2D eigenvalue weighted by molar-refractivity contribution is 6.04. The van der Waals surface area contributed by atoms with Crippen LogP contribution >= 0.6 is 0 Å². The van der Waals surface area contributed by atoms with Gasteiger partial charge in [-0.3, -0.25) is 14.9 Å². The SMILES string of the molecule is Cc1ccc(Oc2ccc(C(=O)NC(=O)NC(CCC(=O)O)C(=O)O)cc2)cc1. The molecule has 0 bridgehead atoms. The fraction of sp³-hybridized carbons (Fsp3) is 0.200. The number of imide groups is 1. The highest BCUT2D eigenvalue weighted by Crippen LogP contribution is 2.21. The van der Waals surface area contributed by atoms with Crippen molar-refractivity contribution in [1.82, 2.24) is 10.6 Å². The van der Waals surface area contributed by atoms with Gasteiger partial charge in [0.25, 0.3) is 5.91 Å². The second-order valence-corrected chi connectivity index (χ2v) is 6.19. The van der Waals surface area contributed by atoms with Gasteiger partial charge in [-0.1, -0.05) is 17.7 Å². The minimum Gasteiger partial charge on any atom is -0.481 e. The number of urea groups is 1. The molecule has 0 fully saturated rings. The summed E-state index contributed by atoms with van der Waals surface area (Å²) in [6.45, 7) is 1.96. The number of aliphatic carboxylic acids is 2. The number of amides is 3. The van der Waals surface area contributed by atoms with Crippen LogP contribution in [0.15, 0.2) is 48.5 Å². The molecule has 29 heavy (non-hydrogen) atoms. The van der Waals surface area contributed by atoms with E-state index in [2.05, 4.69) is 5.32 Å². The molecule has 4 N–H and O–H groups in total. The number of nitrogens with one attached hydrogen (secondary N) is 2. The highest BCUT2D eigenvalue weighted by Gasteiger charge is 2.22. The van der Waals surface area contributed by atoms with Gasteiger partial charge in [0.15, 0.2) is 0 Å². The fourth-order valence-electron chi connectivity index (χ4n) is 2.31. The van der Waals surface area contributed by atoms with Gasteiger partial charge in [0, 0.05) is 12.0 Å². The summed E-state index contributed by atoms with van der Waals surface area (Å²) in [7, 11) is 0. The maximum atomic E-state index is 12.1. The van der Waals surface area contributed by atoms with Crippen molar-refractivity contribution in [3.63, 3.8) is 0 Å². The van der Waals surface area contributed by atoms with E-state index in [4.69, 9.17) is 14.9 Å². The average molecular weight is 400 g/mol. The minimum atomic E-state index is -1.43. The van der Waals surface area contributed by atoms with Crippen LogP contribution in [0.5, 0.6) is 11.5 Å². The number of rotatable bonds is 8. The van der Waals surface area contributed by atoms with Crippen molar-refractivity contribution in [2.75, 3.05) is 0 Å². The first kappa shape index (κ1) is 21.4. The Morgan fingerprint density at radius 2 is 1.48 bits per heavy atom. The summed E-state index contributed by atoms with van der Waals surface area (Å²) in [5.74, 6) is -2.21. The molecule has 0 spiro atoms. The minimum absolute atomic E-state index is 0.161. The molecule has 3 amide bonds. The topological polar surface area (TPSA) is 142 Å². The van der Waals surface area contributed by atoms with Crippen LogP contribution in [0.2, 0.25) is 0 Å². The lowest BCUT2D eigenvalue weighted by atomic mass is 10.1. The third-order valence-electron chi connectivity index (χ3n) is 3.85. The molecule has 9 nitrogen and oxygen atoms in total. The molecule has 2 rings (SSSR count). The number of hydrogen-bond donors (Lipinski definition) is 4. The Balaban J connectivity index is 1.92. The van der Waals surface area contributed by atoms with E-state index in [1.165, 1.54) is 12.1 Å². The van der Waals surface area contributed by atoms with Crippen molar-refractivity contribution >= 4 is 23.9 Å². The second-order valence-electron chi connectivity index (χ2n) is 6.19. The van der Waals surface area contributed by atoms with Crippen LogP contribution in [0.1, 0.15) is 28.8 Å². The summed E-state index contributed by atoms with van der Waals surface area (Å²) in [5, 5.41) is 21.7. The van der Waals surface area contributed by atoms with Crippen molar-refractivity contribution in [3.8, 4) is 11.5 Å². The van der Waals surface area contributed by atoms with Crippen LogP contribution in [0.3, 0.4) is 0 Å². The summed E-state index contributed by atoms with van der Waals surface area (Å²) >= 11 is 0. The lowest BCUT2D eigenvalue weighted by molar-refractivity contribution is -0.140. The molecule has 1 unspecified atom stereocenters. The van der Waals surface area contributed by atoms with Gasteiger partial charge >= 0.3 is 18.0 Å². The van der Waals surface area contributed by atoms with E-state index >= 15 is 0 Å². The zero-order valence-corrected chi connectivity index (χ0v) is 15.5. The number of carboxylic acids is 2. The third kappa shape index (κ3) is 6.98. The van der Waals surface area contributed by atoms with Crippen molar-refractivity contribution in [3.05, 3.63) is 59.7 Å². The molecule has 0 radical (unpaired) electrons. The van der Waals surface area contributed by atoms with Crippen LogP contribution in [0.25, 0.3) is 0 Å². The second kappa shape index (κ2) is 9.88. The predicted octanol–water partition coefficient (Wildman–Crippen LogP) is 2.54. The molecular weight excluding hydrogens is 380 g/mol. The number of carboxylic acid groups (broad SMARTS) is 2. The standard InChI is InChI=1S/C20H20N2O7/c1-12-2-6-14(7-3-12)29-15-8-4-13(5-9-15)18(25)22-20(28)21-16(19(26)27)10-11-17(23)24/h2-9,16H,10-11H2,1H3,(H,23,24)(H,26,27)(H2,21,22,25,28). The van der Waals surface area contributed by atoms with Crippen molar-refractivity contribution in [2.45, 2.75) is 25.8 Å². The van der Waals surface area contributed by atoms with Crippen molar-refractivity contribution in [1.29, 1.82) is 0 Å². The Hall–Kier alpha value is -3.88. The third-order valence-corrected chi connectivity index (χ3v) is 3.85. The Kier molecular flexibility index (Phi) is 7.30. The summed E-state index contributed by atoms with van der Waals surface area (Å²) in [4.78, 5) is 45.6. The lowest BCUT2D eigenvalue weighted by Crippen LogP contribution is -2.47. The van der Waals surface area contributed by atoms with E-state index in [0.29, 0.717) is 11.5 Å². The van der Waals surface area contributed by atoms with Crippen LogP contribution in [-0.2, 0) is 9.59 Å². The van der Waals surface area contributed by atoms with Gasteiger partial charge in [0.05, 0.1) is 0 Å². The van der Waals surface area contributed by atoms with Gasteiger partial charge in [0.2, 0.25) is 0 Å². The van der Waals surface area contributed by atoms with Gasteiger partial charge in [-0.15, -0.1) is 0 Å². The van der Waals surface area contributed by atoms with E-state index in [1.807, 2.05) is 36.5 Å².